The summed E-state index contributed by atoms with van der Waals surface area (Å²) in [5.41, 5.74) is 2.85. The molecule has 1 fully saturated rings. The maximum absolute atomic E-state index is 12.2. The molecule has 0 atom stereocenters. The van der Waals surface area contributed by atoms with Crippen LogP contribution in [-0.2, 0) is 14.0 Å². The van der Waals surface area contributed by atoms with Crippen LogP contribution in [0.4, 0.5) is 0 Å². The van der Waals surface area contributed by atoms with Crippen molar-refractivity contribution in [2.45, 2.75) is 65.6 Å². The Bertz CT molecular complexity index is 941. The Kier molecular flexibility index (Phi) is 6.77. The molecule has 6 nitrogen and oxygen atoms in total. The molecule has 1 aromatic heterocycles. The lowest BCUT2D eigenvalue weighted by molar-refractivity contribution is 0.00578. The monoisotopic (exact) mass is 425 g/mol. The van der Waals surface area contributed by atoms with Gasteiger partial charge in [-0.1, -0.05) is 31.5 Å². The van der Waals surface area contributed by atoms with Crippen molar-refractivity contribution in [3.63, 3.8) is 0 Å². The first-order valence-electron chi connectivity index (χ1n) is 10.8. The number of hydrogen-bond donors (Lipinski definition) is 0. The second-order valence-corrected chi connectivity index (χ2v) is 8.86. The fraction of sp³-hybridized carbons (Fsp3) is 0.500. The summed E-state index contributed by atoms with van der Waals surface area (Å²) >= 11 is 0. The van der Waals surface area contributed by atoms with Gasteiger partial charge in [-0.25, -0.2) is 9.78 Å². The minimum atomic E-state index is -0.541. The number of aryl methyl sites for hydroxylation is 1. The highest BCUT2D eigenvalue weighted by molar-refractivity contribution is 6.63. The number of unbranched alkanes of at least 4 members (excludes halogenated alkanes) is 1. The zero-order chi connectivity index (χ0) is 22.8. The fourth-order valence-corrected chi connectivity index (χ4v) is 3.42. The van der Waals surface area contributed by atoms with Crippen molar-refractivity contribution in [1.82, 2.24) is 4.98 Å². The molecule has 0 N–H and O–H groups in total. The molecule has 1 aliphatic rings. The van der Waals surface area contributed by atoms with Gasteiger partial charge in [-0.3, -0.25) is 0 Å². The van der Waals surface area contributed by atoms with Crippen LogP contribution in [0.1, 0.15) is 63.6 Å². The molecule has 2 aromatic rings. The van der Waals surface area contributed by atoms with E-state index in [1.165, 1.54) is 0 Å². The van der Waals surface area contributed by atoms with Gasteiger partial charge in [0.1, 0.15) is 11.4 Å². The van der Waals surface area contributed by atoms with Gasteiger partial charge in [0.25, 0.3) is 0 Å². The van der Waals surface area contributed by atoms with Gasteiger partial charge in [-0.15, -0.1) is 0 Å². The lowest BCUT2D eigenvalue weighted by Gasteiger charge is -2.32. The zero-order valence-electron chi connectivity index (χ0n) is 19.6. The predicted molar refractivity (Wildman–Crippen MR) is 122 cm³/mol. The summed E-state index contributed by atoms with van der Waals surface area (Å²) in [5, 5.41) is 0. The standard InChI is InChI=1S/C24H32BNO5/c1-8-9-14-29-22(27)20-12-11-18(16(2)26-20)17-10-13-21(28-7)19(15-17)25-30-23(3,4)24(5,6)31-25/h10-13,15H,8-9,14H2,1-7H3. The summed E-state index contributed by atoms with van der Waals surface area (Å²) in [6.07, 6.45) is 1.82. The molecule has 0 saturated carbocycles. The van der Waals surface area contributed by atoms with Gasteiger partial charge in [-0.05, 0) is 58.7 Å². The van der Waals surface area contributed by atoms with Crippen LogP contribution in [0, 0.1) is 6.92 Å². The number of ether oxygens (including phenoxy) is 2. The van der Waals surface area contributed by atoms with Gasteiger partial charge >= 0.3 is 13.1 Å². The van der Waals surface area contributed by atoms with Crippen LogP contribution in [0.15, 0.2) is 30.3 Å². The molecule has 2 heterocycles. The lowest BCUT2D eigenvalue weighted by atomic mass is 9.77. The number of nitrogens with zero attached hydrogens (tertiary/aromatic N) is 1. The van der Waals surface area contributed by atoms with Crippen molar-refractivity contribution in [2.24, 2.45) is 0 Å². The molecule has 1 saturated heterocycles. The third-order valence-electron chi connectivity index (χ3n) is 6.07. The molecule has 166 valence electrons. The van der Waals surface area contributed by atoms with E-state index >= 15 is 0 Å². The Balaban J connectivity index is 1.90. The van der Waals surface area contributed by atoms with Crippen LogP contribution in [0.5, 0.6) is 5.75 Å². The molecule has 0 bridgehead atoms. The van der Waals surface area contributed by atoms with Crippen LogP contribution in [0.2, 0.25) is 0 Å². The summed E-state index contributed by atoms with van der Waals surface area (Å²) in [6, 6.07) is 9.48. The highest BCUT2D eigenvalue weighted by Crippen LogP contribution is 2.37. The Morgan fingerprint density at radius 3 is 2.35 bits per heavy atom. The number of pyridine rings is 1. The highest BCUT2D eigenvalue weighted by Gasteiger charge is 2.52. The van der Waals surface area contributed by atoms with Crippen molar-refractivity contribution in [2.75, 3.05) is 13.7 Å². The molecular formula is C24H32BNO5. The number of carbonyl (C=O) groups is 1. The molecule has 0 aliphatic carbocycles. The Hall–Kier alpha value is -2.38. The number of methoxy groups -OCH3 is 1. The van der Waals surface area contributed by atoms with Crippen molar-refractivity contribution >= 4 is 18.6 Å². The van der Waals surface area contributed by atoms with Gasteiger partial charge in [0.05, 0.1) is 24.9 Å². The van der Waals surface area contributed by atoms with Crippen molar-refractivity contribution in [3.8, 4) is 16.9 Å². The smallest absolute Gasteiger partial charge is 0.497 e. The third-order valence-corrected chi connectivity index (χ3v) is 6.07. The summed E-state index contributed by atoms with van der Waals surface area (Å²) in [7, 11) is 1.09. The Morgan fingerprint density at radius 1 is 1.10 bits per heavy atom. The molecule has 1 aliphatic heterocycles. The number of rotatable bonds is 7. The maximum Gasteiger partial charge on any atom is 0.498 e. The first-order chi connectivity index (χ1) is 14.6. The average Bonchev–Trinajstić information content (AvgIpc) is 2.94. The molecule has 7 heteroatoms. The SMILES string of the molecule is CCCCOC(=O)c1ccc(-c2ccc(OC)c(B3OC(C)(C)C(C)(C)O3)c2)c(C)n1. The normalized spacial score (nSPS) is 16.9. The molecule has 0 spiro atoms. The number of benzene rings is 1. The van der Waals surface area contributed by atoms with Crippen LogP contribution in [0.3, 0.4) is 0 Å². The van der Waals surface area contributed by atoms with Crippen LogP contribution < -0.4 is 10.2 Å². The fourth-order valence-electron chi connectivity index (χ4n) is 3.42. The number of carbonyl (C=O) groups excluding carboxylic acids is 1. The number of hydrogen-bond acceptors (Lipinski definition) is 6. The Labute approximate surface area is 185 Å². The van der Waals surface area contributed by atoms with Crippen molar-refractivity contribution < 1.29 is 23.6 Å². The predicted octanol–water partition coefficient (Wildman–Crippen LogP) is 4.32. The molecule has 0 amide bonds. The maximum atomic E-state index is 12.2. The van der Waals surface area contributed by atoms with Gasteiger partial charge in [0.15, 0.2) is 0 Å². The van der Waals surface area contributed by atoms with Gasteiger partial charge in [-0.2, -0.15) is 0 Å². The largest absolute Gasteiger partial charge is 0.498 e. The summed E-state index contributed by atoms with van der Waals surface area (Å²) in [5.74, 6) is 0.305. The molecule has 1 aromatic carbocycles. The van der Waals surface area contributed by atoms with Crippen LogP contribution in [-0.4, -0.2) is 43.0 Å². The summed E-state index contributed by atoms with van der Waals surface area (Å²) in [4.78, 5) is 16.7. The minimum Gasteiger partial charge on any atom is -0.497 e. The second-order valence-electron chi connectivity index (χ2n) is 8.86. The van der Waals surface area contributed by atoms with E-state index in [-0.39, 0.29) is 0 Å². The van der Waals surface area contributed by atoms with Crippen LogP contribution in [0.25, 0.3) is 11.1 Å². The number of aromatic nitrogens is 1. The first-order valence-corrected chi connectivity index (χ1v) is 10.8. The van der Waals surface area contributed by atoms with Gasteiger partial charge in [0, 0.05) is 16.7 Å². The van der Waals surface area contributed by atoms with Gasteiger partial charge in [0.2, 0.25) is 0 Å². The molecule has 31 heavy (non-hydrogen) atoms. The quantitative estimate of drug-likeness (QED) is 0.374. The van der Waals surface area contributed by atoms with Crippen molar-refractivity contribution in [1.29, 1.82) is 0 Å². The van der Waals surface area contributed by atoms with E-state index in [1.807, 2.05) is 58.9 Å². The van der Waals surface area contributed by atoms with Gasteiger partial charge < -0.3 is 18.8 Å². The van der Waals surface area contributed by atoms with Crippen molar-refractivity contribution in [3.05, 3.63) is 41.7 Å². The first kappa shape index (κ1) is 23.3. The van der Waals surface area contributed by atoms with E-state index in [0.29, 0.717) is 18.1 Å². The second kappa shape index (κ2) is 9.01. The van der Waals surface area contributed by atoms with E-state index in [1.54, 1.807) is 13.2 Å². The number of esters is 1. The van der Waals surface area contributed by atoms with E-state index in [9.17, 15) is 4.79 Å². The van der Waals surface area contributed by atoms with E-state index in [4.69, 9.17) is 18.8 Å². The van der Waals surface area contributed by atoms with E-state index in [0.717, 1.165) is 35.1 Å². The van der Waals surface area contributed by atoms with Crippen LogP contribution >= 0.6 is 0 Å². The van der Waals surface area contributed by atoms with E-state index in [2.05, 4.69) is 11.9 Å². The topological polar surface area (TPSA) is 66.9 Å². The zero-order valence-corrected chi connectivity index (χ0v) is 19.6. The molecular weight excluding hydrogens is 393 g/mol. The summed E-state index contributed by atoms with van der Waals surface area (Å²) in [6.45, 7) is 12.4. The molecule has 0 radical (unpaired) electrons. The minimum absolute atomic E-state index is 0.317. The third kappa shape index (κ3) is 4.78. The summed E-state index contributed by atoms with van der Waals surface area (Å²) < 4.78 is 23.3. The molecule has 3 rings (SSSR count). The highest BCUT2D eigenvalue weighted by atomic mass is 16.7. The average molecular weight is 425 g/mol. The Morgan fingerprint density at radius 2 is 1.77 bits per heavy atom. The van der Waals surface area contributed by atoms with E-state index < -0.39 is 24.3 Å². The molecule has 0 unspecified atom stereocenters. The lowest BCUT2D eigenvalue weighted by Crippen LogP contribution is -2.41.